The van der Waals surface area contributed by atoms with Crippen molar-refractivity contribution in [1.29, 1.82) is 0 Å². The summed E-state index contributed by atoms with van der Waals surface area (Å²) < 4.78 is 5.17. The maximum atomic E-state index is 13.1. The number of piperazine rings is 1. The average Bonchev–Trinajstić information content (AvgIpc) is 3.17. The highest BCUT2D eigenvalue weighted by molar-refractivity contribution is 5.96. The molecule has 7 heteroatoms. The van der Waals surface area contributed by atoms with Gasteiger partial charge in [-0.2, -0.15) is 0 Å². The van der Waals surface area contributed by atoms with Gasteiger partial charge in [0.15, 0.2) is 6.39 Å². The molecular formula is C17H26N4O3. The number of carbonyl (C=O) groups excluding carboxylic acids is 2. The van der Waals surface area contributed by atoms with E-state index in [1.165, 1.54) is 12.6 Å². The molecule has 2 saturated heterocycles. The number of hydrogen-bond acceptors (Lipinski definition) is 5. The molecule has 3 heterocycles. The molecular weight excluding hydrogens is 308 g/mol. The third-order valence-electron chi connectivity index (χ3n) is 5.07. The Labute approximate surface area is 142 Å². The molecule has 0 N–H and O–H groups in total. The molecule has 3 rings (SSSR count). The van der Waals surface area contributed by atoms with Crippen molar-refractivity contribution in [3.63, 3.8) is 0 Å². The van der Waals surface area contributed by atoms with Gasteiger partial charge >= 0.3 is 0 Å². The molecule has 7 nitrogen and oxygen atoms in total. The molecule has 2 fully saturated rings. The number of amides is 2. The van der Waals surface area contributed by atoms with Gasteiger partial charge in [-0.3, -0.25) is 9.59 Å². The number of nitrogens with zero attached hydrogens (tertiary/aromatic N) is 4. The maximum Gasteiger partial charge on any atom is 0.292 e. The minimum absolute atomic E-state index is 0.0668. The second-order valence-corrected chi connectivity index (χ2v) is 7.47. The zero-order valence-electron chi connectivity index (χ0n) is 14.8. The molecule has 2 aliphatic heterocycles. The van der Waals surface area contributed by atoms with Crippen molar-refractivity contribution in [2.24, 2.45) is 5.92 Å². The summed E-state index contributed by atoms with van der Waals surface area (Å²) in [6.45, 7) is 5.45. The molecule has 24 heavy (non-hydrogen) atoms. The fourth-order valence-corrected chi connectivity index (χ4v) is 3.75. The topological polar surface area (TPSA) is 69.9 Å². The second-order valence-electron chi connectivity index (χ2n) is 7.47. The van der Waals surface area contributed by atoms with Gasteiger partial charge in [-0.25, -0.2) is 4.98 Å². The smallest absolute Gasteiger partial charge is 0.292 e. The van der Waals surface area contributed by atoms with Crippen LogP contribution in [0.4, 0.5) is 0 Å². The lowest BCUT2D eigenvalue weighted by Crippen LogP contribution is -2.61. The van der Waals surface area contributed by atoms with Gasteiger partial charge in [0, 0.05) is 19.1 Å². The van der Waals surface area contributed by atoms with E-state index in [-0.39, 0.29) is 23.6 Å². The van der Waals surface area contributed by atoms with E-state index in [1.54, 1.807) is 4.90 Å². The normalized spacial score (nSPS) is 27.2. The number of oxazole rings is 1. The molecule has 132 valence electrons. The van der Waals surface area contributed by atoms with E-state index in [4.69, 9.17) is 4.42 Å². The van der Waals surface area contributed by atoms with Crippen molar-refractivity contribution < 1.29 is 14.0 Å². The summed E-state index contributed by atoms with van der Waals surface area (Å²) in [5.74, 6) is 0.358. The summed E-state index contributed by atoms with van der Waals surface area (Å²) in [5.41, 5.74) is 0. The summed E-state index contributed by atoms with van der Waals surface area (Å²) in [7, 11) is 4.08. The SMILES string of the molecule is CC(C)C[C@H]1C(=O)N2C[C@@H](N(C)C)C[C@H]2CN1C(=O)c1cnco1. The maximum absolute atomic E-state index is 13.1. The van der Waals surface area contributed by atoms with Crippen LogP contribution >= 0.6 is 0 Å². The van der Waals surface area contributed by atoms with Gasteiger partial charge in [0.2, 0.25) is 11.7 Å². The molecule has 0 saturated carbocycles. The Morgan fingerprint density at radius 1 is 1.42 bits per heavy atom. The van der Waals surface area contributed by atoms with Crippen molar-refractivity contribution in [3.05, 3.63) is 18.4 Å². The number of aromatic nitrogens is 1. The minimum Gasteiger partial charge on any atom is -0.438 e. The number of rotatable bonds is 4. The lowest BCUT2D eigenvalue weighted by atomic mass is 9.97. The molecule has 1 aromatic rings. The third-order valence-corrected chi connectivity index (χ3v) is 5.07. The minimum atomic E-state index is -0.417. The standard InChI is InChI=1S/C17H26N4O3/c1-11(2)5-14-16(22)20-8-12(19(3)4)6-13(20)9-21(14)17(23)15-7-18-10-24-15/h7,10-14H,5-6,8-9H2,1-4H3/t12-,13-,14-/m0/s1. The molecule has 0 aliphatic carbocycles. The van der Waals surface area contributed by atoms with Gasteiger partial charge in [-0.1, -0.05) is 13.8 Å². The molecule has 0 unspecified atom stereocenters. The lowest BCUT2D eigenvalue weighted by Gasteiger charge is -2.43. The van der Waals surface area contributed by atoms with E-state index in [9.17, 15) is 9.59 Å². The number of carbonyl (C=O) groups is 2. The quantitative estimate of drug-likeness (QED) is 0.824. The third kappa shape index (κ3) is 3.05. The van der Waals surface area contributed by atoms with Crippen LogP contribution in [-0.2, 0) is 4.79 Å². The average molecular weight is 334 g/mol. The van der Waals surface area contributed by atoms with Crippen molar-refractivity contribution in [2.45, 2.75) is 44.8 Å². The highest BCUT2D eigenvalue weighted by atomic mass is 16.3. The molecule has 0 spiro atoms. The zero-order valence-corrected chi connectivity index (χ0v) is 14.8. The van der Waals surface area contributed by atoms with Crippen LogP contribution in [0.15, 0.2) is 17.0 Å². The van der Waals surface area contributed by atoms with Crippen molar-refractivity contribution in [2.75, 3.05) is 27.2 Å². The Hall–Kier alpha value is -1.89. The van der Waals surface area contributed by atoms with E-state index in [0.29, 0.717) is 24.9 Å². The fourth-order valence-electron chi connectivity index (χ4n) is 3.75. The van der Waals surface area contributed by atoms with E-state index < -0.39 is 6.04 Å². The largest absolute Gasteiger partial charge is 0.438 e. The van der Waals surface area contributed by atoms with Crippen LogP contribution in [0.5, 0.6) is 0 Å². The van der Waals surface area contributed by atoms with Crippen LogP contribution in [0.1, 0.15) is 37.2 Å². The molecule has 2 amide bonds. The van der Waals surface area contributed by atoms with Crippen LogP contribution in [0.3, 0.4) is 0 Å². The zero-order chi connectivity index (χ0) is 17.4. The van der Waals surface area contributed by atoms with E-state index >= 15 is 0 Å². The first-order valence-electron chi connectivity index (χ1n) is 8.54. The van der Waals surface area contributed by atoms with E-state index in [2.05, 4.69) is 23.7 Å². The summed E-state index contributed by atoms with van der Waals surface area (Å²) in [5, 5.41) is 0. The first-order valence-corrected chi connectivity index (χ1v) is 8.54. The Bertz CT molecular complexity index is 599. The van der Waals surface area contributed by atoms with Crippen molar-refractivity contribution in [1.82, 2.24) is 19.7 Å². The van der Waals surface area contributed by atoms with Gasteiger partial charge in [-0.15, -0.1) is 0 Å². The molecule has 0 radical (unpaired) electrons. The van der Waals surface area contributed by atoms with Crippen LogP contribution in [0, 0.1) is 5.92 Å². The number of fused-ring (bicyclic) bond motifs is 1. The highest BCUT2D eigenvalue weighted by Gasteiger charge is 2.47. The van der Waals surface area contributed by atoms with Gasteiger partial charge in [0.1, 0.15) is 6.04 Å². The van der Waals surface area contributed by atoms with E-state index in [0.717, 1.165) is 13.0 Å². The molecule has 3 atom stereocenters. The Balaban J connectivity index is 1.86. The predicted octanol–water partition coefficient (Wildman–Crippen LogP) is 1.08. The van der Waals surface area contributed by atoms with Crippen molar-refractivity contribution >= 4 is 11.8 Å². The highest BCUT2D eigenvalue weighted by Crippen LogP contribution is 2.31. The number of likely N-dealkylation sites (N-methyl/N-ethyl adjacent to an activating group) is 1. The molecule has 2 aliphatic rings. The Morgan fingerprint density at radius 3 is 2.75 bits per heavy atom. The van der Waals surface area contributed by atoms with Crippen LogP contribution < -0.4 is 0 Å². The molecule has 0 aromatic carbocycles. The van der Waals surface area contributed by atoms with Crippen LogP contribution in [0.2, 0.25) is 0 Å². The second kappa shape index (κ2) is 6.55. The van der Waals surface area contributed by atoms with Crippen LogP contribution in [0.25, 0.3) is 0 Å². The number of hydrogen-bond donors (Lipinski definition) is 0. The predicted molar refractivity (Wildman–Crippen MR) is 88.4 cm³/mol. The summed E-state index contributed by atoms with van der Waals surface area (Å²) in [6.07, 6.45) is 4.23. The Morgan fingerprint density at radius 2 is 2.17 bits per heavy atom. The van der Waals surface area contributed by atoms with Gasteiger partial charge in [-0.05, 0) is 32.9 Å². The van der Waals surface area contributed by atoms with Crippen molar-refractivity contribution in [3.8, 4) is 0 Å². The fraction of sp³-hybridized carbons (Fsp3) is 0.706. The lowest BCUT2D eigenvalue weighted by molar-refractivity contribution is -0.142. The molecule has 1 aromatic heterocycles. The van der Waals surface area contributed by atoms with Gasteiger partial charge < -0.3 is 19.1 Å². The summed E-state index contributed by atoms with van der Waals surface area (Å²) in [6, 6.07) is 0.0129. The first kappa shape index (κ1) is 17.0. The van der Waals surface area contributed by atoms with Gasteiger partial charge in [0.25, 0.3) is 5.91 Å². The monoisotopic (exact) mass is 334 g/mol. The van der Waals surface area contributed by atoms with Crippen LogP contribution in [-0.4, -0.2) is 76.8 Å². The Kier molecular flexibility index (Phi) is 4.62. The summed E-state index contributed by atoms with van der Waals surface area (Å²) in [4.78, 5) is 35.5. The first-order chi connectivity index (χ1) is 11.4. The van der Waals surface area contributed by atoms with E-state index in [1.807, 2.05) is 19.0 Å². The molecule has 0 bridgehead atoms. The summed E-state index contributed by atoms with van der Waals surface area (Å²) >= 11 is 0. The van der Waals surface area contributed by atoms with Gasteiger partial charge in [0.05, 0.1) is 12.2 Å².